The number of nitrogens with one attached hydrogen (secondary N) is 1. The van der Waals surface area contributed by atoms with E-state index in [9.17, 15) is 4.79 Å². The standard InChI is InChI=1S/C21H26N2O2/c1-17-9-11-18(12-10-17)14-23-13-5-8-20(15-23)22-21(24)25-16-19-6-3-2-4-7-19/h2-4,6-7,9-12,20H,5,8,13-16H2,1H3,(H,22,24). The number of benzene rings is 2. The maximum Gasteiger partial charge on any atom is 0.407 e. The van der Waals surface area contributed by atoms with Crippen molar-refractivity contribution in [2.24, 2.45) is 0 Å². The van der Waals surface area contributed by atoms with Gasteiger partial charge in [0.2, 0.25) is 0 Å². The van der Waals surface area contributed by atoms with Crippen molar-refractivity contribution in [1.29, 1.82) is 0 Å². The number of carbonyl (C=O) groups is 1. The second-order valence-electron chi connectivity index (χ2n) is 6.77. The lowest BCUT2D eigenvalue weighted by molar-refractivity contribution is 0.123. The Morgan fingerprint density at radius 2 is 1.88 bits per heavy atom. The van der Waals surface area contributed by atoms with Crippen LogP contribution in [0.2, 0.25) is 0 Å². The van der Waals surface area contributed by atoms with E-state index < -0.39 is 0 Å². The van der Waals surface area contributed by atoms with Crippen LogP contribution in [0.25, 0.3) is 0 Å². The highest BCUT2D eigenvalue weighted by molar-refractivity contribution is 5.67. The van der Waals surface area contributed by atoms with Crippen LogP contribution >= 0.6 is 0 Å². The average Bonchev–Trinajstić information content (AvgIpc) is 2.63. The van der Waals surface area contributed by atoms with Crippen molar-refractivity contribution in [3.63, 3.8) is 0 Å². The third-order valence-corrected chi connectivity index (χ3v) is 4.57. The lowest BCUT2D eigenvalue weighted by atomic mass is 10.0. The van der Waals surface area contributed by atoms with E-state index >= 15 is 0 Å². The molecule has 0 aromatic heterocycles. The highest BCUT2D eigenvalue weighted by Gasteiger charge is 2.21. The lowest BCUT2D eigenvalue weighted by Gasteiger charge is -2.32. The van der Waals surface area contributed by atoms with Gasteiger partial charge >= 0.3 is 6.09 Å². The van der Waals surface area contributed by atoms with Crippen molar-refractivity contribution in [2.75, 3.05) is 13.1 Å². The molecule has 1 atom stereocenters. The first kappa shape index (κ1) is 17.5. The third-order valence-electron chi connectivity index (χ3n) is 4.57. The van der Waals surface area contributed by atoms with Crippen molar-refractivity contribution in [3.8, 4) is 0 Å². The first-order chi connectivity index (χ1) is 12.2. The lowest BCUT2D eigenvalue weighted by Crippen LogP contribution is -2.47. The molecule has 25 heavy (non-hydrogen) atoms. The summed E-state index contributed by atoms with van der Waals surface area (Å²) >= 11 is 0. The molecule has 1 aliphatic rings. The molecule has 1 aliphatic heterocycles. The molecule has 0 radical (unpaired) electrons. The molecule has 0 spiro atoms. The molecule has 3 rings (SSSR count). The number of amides is 1. The van der Waals surface area contributed by atoms with E-state index in [2.05, 4.69) is 41.4 Å². The van der Waals surface area contributed by atoms with Gasteiger partial charge in [-0.25, -0.2) is 4.79 Å². The Morgan fingerprint density at radius 1 is 1.12 bits per heavy atom. The van der Waals surface area contributed by atoms with Crippen LogP contribution in [-0.2, 0) is 17.9 Å². The van der Waals surface area contributed by atoms with Crippen LogP contribution in [0, 0.1) is 6.92 Å². The summed E-state index contributed by atoms with van der Waals surface area (Å²) < 4.78 is 5.33. The van der Waals surface area contributed by atoms with E-state index in [1.165, 1.54) is 11.1 Å². The first-order valence-electron chi connectivity index (χ1n) is 8.94. The van der Waals surface area contributed by atoms with E-state index in [-0.39, 0.29) is 12.1 Å². The molecule has 2 aromatic carbocycles. The maximum atomic E-state index is 12.0. The van der Waals surface area contributed by atoms with E-state index in [0.29, 0.717) is 6.61 Å². The molecule has 1 amide bonds. The number of aryl methyl sites for hydroxylation is 1. The zero-order valence-corrected chi connectivity index (χ0v) is 14.8. The molecular weight excluding hydrogens is 312 g/mol. The predicted octanol–water partition coefficient (Wildman–Crippen LogP) is 3.89. The van der Waals surface area contributed by atoms with Gasteiger partial charge in [0, 0.05) is 19.1 Å². The van der Waals surface area contributed by atoms with E-state index in [0.717, 1.165) is 38.0 Å². The van der Waals surface area contributed by atoms with Crippen LogP contribution in [0.15, 0.2) is 54.6 Å². The molecule has 1 unspecified atom stereocenters. The molecule has 1 N–H and O–H groups in total. The fraction of sp³-hybridized carbons (Fsp3) is 0.381. The summed E-state index contributed by atoms with van der Waals surface area (Å²) in [5.74, 6) is 0. The minimum absolute atomic E-state index is 0.155. The maximum absolute atomic E-state index is 12.0. The Kier molecular flexibility index (Phi) is 6.07. The Hall–Kier alpha value is -2.33. The van der Waals surface area contributed by atoms with Gasteiger partial charge in [0.1, 0.15) is 6.61 Å². The number of piperidine rings is 1. The van der Waals surface area contributed by atoms with Crippen LogP contribution in [-0.4, -0.2) is 30.1 Å². The number of hydrogen-bond acceptors (Lipinski definition) is 3. The molecular formula is C21H26N2O2. The second kappa shape index (κ2) is 8.67. The summed E-state index contributed by atoms with van der Waals surface area (Å²) in [6.45, 7) is 5.29. The van der Waals surface area contributed by atoms with Gasteiger partial charge < -0.3 is 10.1 Å². The number of ether oxygens (including phenoxy) is 1. The number of rotatable bonds is 5. The second-order valence-corrected chi connectivity index (χ2v) is 6.77. The summed E-state index contributed by atoms with van der Waals surface area (Å²) in [6, 6.07) is 18.6. The zero-order chi connectivity index (χ0) is 17.5. The van der Waals surface area contributed by atoms with Crippen molar-refractivity contribution in [2.45, 2.75) is 39.0 Å². The van der Waals surface area contributed by atoms with Gasteiger partial charge in [-0.3, -0.25) is 4.90 Å². The van der Waals surface area contributed by atoms with Crippen molar-refractivity contribution >= 4 is 6.09 Å². The van der Waals surface area contributed by atoms with E-state index in [1.807, 2.05) is 30.3 Å². The van der Waals surface area contributed by atoms with Crippen LogP contribution in [0.4, 0.5) is 4.79 Å². The summed E-state index contributed by atoms with van der Waals surface area (Å²) in [5, 5.41) is 3.01. The van der Waals surface area contributed by atoms with Gasteiger partial charge in [0.05, 0.1) is 0 Å². The van der Waals surface area contributed by atoms with E-state index in [4.69, 9.17) is 4.74 Å². The minimum Gasteiger partial charge on any atom is -0.445 e. The quantitative estimate of drug-likeness (QED) is 0.899. The SMILES string of the molecule is Cc1ccc(CN2CCCC(NC(=O)OCc3ccccc3)C2)cc1. The Labute approximate surface area is 149 Å². The fourth-order valence-electron chi connectivity index (χ4n) is 3.20. The van der Waals surface area contributed by atoms with Gasteiger partial charge in [0.25, 0.3) is 0 Å². The van der Waals surface area contributed by atoms with Crippen LogP contribution in [0.1, 0.15) is 29.5 Å². The number of hydrogen-bond donors (Lipinski definition) is 1. The molecule has 0 bridgehead atoms. The molecule has 4 nitrogen and oxygen atoms in total. The van der Waals surface area contributed by atoms with E-state index in [1.54, 1.807) is 0 Å². The molecule has 2 aromatic rings. The fourth-order valence-corrected chi connectivity index (χ4v) is 3.20. The number of carbonyl (C=O) groups excluding carboxylic acids is 1. The molecule has 0 aliphatic carbocycles. The molecule has 0 saturated carbocycles. The summed E-state index contributed by atoms with van der Waals surface area (Å²) in [5.41, 5.74) is 3.60. The van der Waals surface area contributed by atoms with Gasteiger partial charge in [0.15, 0.2) is 0 Å². The van der Waals surface area contributed by atoms with Crippen LogP contribution in [0.5, 0.6) is 0 Å². The van der Waals surface area contributed by atoms with Crippen molar-refractivity contribution < 1.29 is 9.53 Å². The summed E-state index contributed by atoms with van der Waals surface area (Å²) in [7, 11) is 0. The highest BCUT2D eigenvalue weighted by atomic mass is 16.5. The normalized spacial score (nSPS) is 17.9. The van der Waals surface area contributed by atoms with Crippen molar-refractivity contribution in [1.82, 2.24) is 10.2 Å². The molecule has 132 valence electrons. The smallest absolute Gasteiger partial charge is 0.407 e. The Morgan fingerprint density at radius 3 is 2.64 bits per heavy atom. The largest absolute Gasteiger partial charge is 0.445 e. The van der Waals surface area contributed by atoms with Gasteiger partial charge in [-0.15, -0.1) is 0 Å². The monoisotopic (exact) mass is 338 g/mol. The number of alkyl carbamates (subject to hydrolysis) is 1. The highest BCUT2D eigenvalue weighted by Crippen LogP contribution is 2.14. The van der Waals surface area contributed by atoms with Gasteiger partial charge in [-0.2, -0.15) is 0 Å². The number of nitrogens with zero attached hydrogens (tertiary/aromatic N) is 1. The average molecular weight is 338 g/mol. The predicted molar refractivity (Wildman–Crippen MR) is 99.2 cm³/mol. The molecule has 1 fully saturated rings. The first-order valence-corrected chi connectivity index (χ1v) is 8.94. The number of likely N-dealkylation sites (tertiary alicyclic amines) is 1. The Bertz CT molecular complexity index is 670. The topological polar surface area (TPSA) is 41.6 Å². The summed E-state index contributed by atoms with van der Waals surface area (Å²) in [4.78, 5) is 14.4. The molecule has 4 heteroatoms. The van der Waals surface area contributed by atoms with Crippen molar-refractivity contribution in [3.05, 3.63) is 71.3 Å². The minimum atomic E-state index is -0.328. The third kappa shape index (κ3) is 5.61. The molecule has 1 saturated heterocycles. The Balaban J connectivity index is 1.44. The summed E-state index contributed by atoms with van der Waals surface area (Å²) in [6.07, 6.45) is 1.77. The van der Waals surface area contributed by atoms with Crippen LogP contribution in [0.3, 0.4) is 0 Å². The van der Waals surface area contributed by atoms with Gasteiger partial charge in [-0.1, -0.05) is 60.2 Å². The van der Waals surface area contributed by atoms with Crippen LogP contribution < -0.4 is 5.32 Å². The molecule has 1 heterocycles. The van der Waals surface area contributed by atoms with Gasteiger partial charge in [-0.05, 0) is 37.4 Å². The zero-order valence-electron chi connectivity index (χ0n) is 14.8.